The molecule has 0 atom stereocenters. The van der Waals surface area contributed by atoms with Gasteiger partial charge in [-0.25, -0.2) is 0 Å². The topological polar surface area (TPSA) is 69.0 Å². The molecule has 36 heavy (non-hydrogen) atoms. The Bertz CT molecular complexity index is 1230. The number of carbonyl (C=O) groups excluding carboxylic acids is 1. The Labute approximate surface area is 234 Å². The van der Waals surface area contributed by atoms with Gasteiger partial charge in [-0.3, -0.25) is 4.79 Å². The fraction of sp³-hybridized carbons (Fsp3) is 0.346. The molecule has 0 radical (unpaired) electrons. The molecular formula is C26H29BrCl2N4O2S. The molecule has 0 aliphatic heterocycles. The first-order valence-electron chi connectivity index (χ1n) is 11.5. The van der Waals surface area contributed by atoms with Gasteiger partial charge in [-0.05, 0) is 60.7 Å². The first-order valence-corrected chi connectivity index (χ1v) is 14.1. The van der Waals surface area contributed by atoms with Crippen LogP contribution >= 0.6 is 50.9 Å². The Kier molecular flexibility index (Phi) is 10.7. The molecule has 0 saturated carbocycles. The zero-order valence-electron chi connectivity index (χ0n) is 20.5. The predicted molar refractivity (Wildman–Crippen MR) is 153 cm³/mol. The van der Waals surface area contributed by atoms with Crippen molar-refractivity contribution in [3.05, 3.63) is 74.5 Å². The molecule has 192 valence electrons. The van der Waals surface area contributed by atoms with Gasteiger partial charge in [-0.15, -0.1) is 16.8 Å². The lowest BCUT2D eigenvalue weighted by molar-refractivity contribution is -0.113. The Morgan fingerprint density at radius 1 is 1.28 bits per heavy atom. The van der Waals surface area contributed by atoms with Gasteiger partial charge in [0.05, 0.1) is 23.1 Å². The van der Waals surface area contributed by atoms with E-state index in [0.29, 0.717) is 46.4 Å². The van der Waals surface area contributed by atoms with Crippen LogP contribution < -0.4 is 10.1 Å². The highest BCUT2D eigenvalue weighted by Gasteiger charge is 2.15. The standard InChI is InChI=1S/C26H29BrCl2N4O2S/c1-5-10-33-24(7-6-11-35-23-14-19(16(2)3)20(27)12-17(23)4)31-32-26(33)36-15-25(34)30-22-9-8-18(28)13-21(22)29/h5,8-9,12-14,16H,1,6-7,10-11,15H2,2-4H3,(H,30,34). The highest BCUT2D eigenvalue weighted by Crippen LogP contribution is 2.32. The molecule has 0 aliphatic rings. The number of amides is 1. The van der Waals surface area contributed by atoms with E-state index >= 15 is 0 Å². The third kappa shape index (κ3) is 7.75. The monoisotopic (exact) mass is 610 g/mol. The minimum atomic E-state index is -0.196. The van der Waals surface area contributed by atoms with Crippen LogP contribution in [0.3, 0.4) is 0 Å². The smallest absolute Gasteiger partial charge is 0.234 e. The van der Waals surface area contributed by atoms with E-state index in [-0.39, 0.29) is 11.7 Å². The summed E-state index contributed by atoms with van der Waals surface area (Å²) in [6.45, 7) is 11.3. The first kappa shape index (κ1) is 28.6. The van der Waals surface area contributed by atoms with Crippen LogP contribution in [0.1, 0.15) is 43.1 Å². The number of allylic oxidation sites excluding steroid dienone is 1. The molecular weight excluding hydrogens is 583 g/mol. The molecule has 0 fully saturated rings. The summed E-state index contributed by atoms with van der Waals surface area (Å²) in [6.07, 6.45) is 3.27. The highest BCUT2D eigenvalue weighted by atomic mass is 79.9. The molecule has 3 rings (SSSR count). The summed E-state index contributed by atoms with van der Waals surface area (Å²) in [5, 5.41) is 13.0. The molecule has 1 heterocycles. The van der Waals surface area contributed by atoms with E-state index in [2.05, 4.69) is 64.0 Å². The number of aromatic nitrogens is 3. The van der Waals surface area contributed by atoms with Crippen LogP contribution in [0, 0.1) is 6.92 Å². The van der Waals surface area contributed by atoms with Gasteiger partial charge in [0.15, 0.2) is 5.16 Å². The normalized spacial score (nSPS) is 11.1. The number of benzene rings is 2. The van der Waals surface area contributed by atoms with Crippen LogP contribution in [0.5, 0.6) is 5.75 Å². The third-order valence-electron chi connectivity index (χ3n) is 5.36. The summed E-state index contributed by atoms with van der Waals surface area (Å²) in [5.41, 5.74) is 2.84. The number of nitrogens with zero attached hydrogens (tertiary/aromatic N) is 3. The zero-order chi connectivity index (χ0) is 26.2. The lowest BCUT2D eigenvalue weighted by Gasteiger charge is -2.15. The number of ether oxygens (including phenoxy) is 1. The van der Waals surface area contributed by atoms with Gasteiger partial charge >= 0.3 is 0 Å². The number of anilines is 1. The number of aryl methyl sites for hydroxylation is 2. The van der Waals surface area contributed by atoms with Crippen LogP contribution in [-0.4, -0.2) is 33.0 Å². The first-order chi connectivity index (χ1) is 17.2. The van der Waals surface area contributed by atoms with Gasteiger partial charge in [0.25, 0.3) is 0 Å². The van der Waals surface area contributed by atoms with Crippen molar-refractivity contribution < 1.29 is 9.53 Å². The second-order valence-electron chi connectivity index (χ2n) is 8.51. The summed E-state index contributed by atoms with van der Waals surface area (Å²) in [5.74, 6) is 2.10. The molecule has 0 aliphatic carbocycles. The molecule has 1 N–H and O–H groups in total. The number of nitrogens with one attached hydrogen (secondary N) is 1. The van der Waals surface area contributed by atoms with E-state index in [0.717, 1.165) is 28.0 Å². The predicted octanol–water partition coefficient (Wildman–Crippen LogP) is 7.71. The summed E-state index contributed by atoms with van der Waals surface area (Å²) in [7, 11) is 0. The van der Waals surface area contributed by atoms with Crippen molar-refractivity contribution in [2.75, 3.05) is 17.7 Å². The Morgan fingerprint density at radius 2 is 2.06 bits per heavy atom. The van der Waals surface area contributed by atoms with Crippen LogP contribution in [0.25, 0.3) is 0 Å². The summed E-state index contributed by atoms with van der Waals surface area (Å²) < 4.78 is 9.17. The van der Waals surface area contributed by atoms with Crippen molar-refractivity contribution in [1.82, 2.24) is 14.8 Å². The second kappa shape index (κ2) is 13.5. The number of hydrogen-bond donors (Lipinski definition) is 1. The molecule has 0 spiro atoms. The lowest BCUT2D eigenvalue weighted by atomic mass is 10.0. The van der Waals surface area contributed by atoms with E-state index in [1.165, 1.54) is 17.3 Å². The van der Waals surface area contributed by atoms with Crippen molar-refractivity contribution in [3.63, 3.8) is 0 Å². The maximum absolute atomic E-state index is 12.4. The van der Waals surface area contributed by atoms with E-state index in [1.54, 1.807) is 24.3 Å². The third-order valence-corrected chi connectivity index (χ3v) is 7.56. The van der Waals surface area contributed by atoms with Gasteiger partial charge < -0.3 is 14.6 Å². The number of thioether (sulfide) groups is 1. The maximum Gasteiger partial charge on any atom is 0.234 e. The number of halogens is 3. The van der Waals surface area contributed by atoms with Crippen LogP contribution in [-0.2, 0) is 17.8 Å². The minimum absolute atomic E-state index is 0.165. The SMILES string of the molecule is C=CCn1c(CCCOc2cc(C(C)C)c(Br)cc2C)nnc1SCC(=O)Nc1ccc(Cl)cc1Cl. The molecule has 1 amide bonds. The van der Waals surface area contributed by atoms with E-state index in [9.17, 15) is 4.79 Å². The molecule has 0 bridgehead atoms. The van der Waals surface area contributed by atoms with Crippen molar-refractivity contribution in [2.45, 2.75) is 51.2 Å². The molecule has 3 aromatic rings. The molecule has 6 nitrogen and oxygen atoms in total. The molecule has 10 heteroatoms. The van der Waals surface area contributed by atoms with E-state index in [4.69, 9.17) is 27.9 Å². The number of hydrogen-bond acceptors (Lipinski definition) is 5. The van der Waals surface area contributed by atoms with Gasteiger partial charge in [-0.2, -0.15) is 0 Å². The van der Waals surface area contributed by atoms with Crippen LogP contribution in [0.4, 0.5) is 5.69 Å². The fourth-order valence-electron chi connectivity index (χ4n) is 3.51. The van der Waals surface area contributed by atoms with Gasteiger partial charge in [0.2, 0.25) is 5.91 Å². The summed E-state index contributed by atoms with van der Waals surface area (Å²) in [6, 6.07) is 9.15. The molecule has 2 aromatic carbocycles. The largest absolute Gasteiger partial charge is 0.493 e. The average Bonchev–Trinajstić information content (AvgIpc) is 3.19. The number of rotatable bonds is 12. The Hall–Kier alpha value is -2.00. The van der Waals surface area contributed by atoms with E-state index < -0.39 is 0 Å². The average molecular weight is 612 g/mol. The van der Waals surface area contributed by atoms with E-state index in [1.807, 2.05) is 11.5 Å². The van der Waals surface area contributed by atoms with Crippen molar-refractivity contribution in [1.29, 1.82) is 0 Å². The lowest BCUT2D eigenvalue weighted by Crippen LogP contribution is -2.15. The van der Waals surface area contributed by atoms with Crippen molar-refractivity contribution >= 4 is 62.5 Å². The van der Waals surface area contributed by atoms with Crippen LogP contribution in [0.15, 0.2) is 52.6 Å². The highest BCUT2D eigenvalue weighted by molar-refractivity contribution is 9.10. The Balaban J connectivity index is 1.56. The second-order valence-corrected chi connectivity index (χ2v) is 11.1. The van der Waals surface area contributed by atoms with Crippen molar-refractivity contribution in [2.24, 2.45) is 0 Å². The quantitative estimate of drug-likeness (QED) is 0.129. The summed E-state index contributed by atoms with van der Waals surface area (Å²) in [4.78, 5) is 12.4. The van der Waals surface area contributed by atoms with Gasteiger partial charge in [0.1, 0.15) is 11.6 Å². The fourth-order valence-corrected chi connectivity index (χ4v) is 5.65. The molecule has 0 saturated heterocycles. The van der Waals surface area contributed by atoms with Gasteiger partial charge in [0, 0.05) is 22.5 Å². The van der Waals surface area contributed by atoms with Gasteiger partial charge in [-0.1, -0.05) is 70.8 Å². The molecule has 1 aromatic heterocycles. The Morgan fingerprint density at radius 3 is 2.75 bits per heavy atom. The van der Waals surface area contributed by atoms with Crippen LogP contribution in [0.2, 0.25) is 10.0 Å². The number of carbonyl (C=O) groups is 1. The minimum Gasteiger partial charge on any atom is -0.493 e. The van der Waals surface area contributed by atoms with Crippen molar-refractivity contribution in [3.8, 4) is 5.75 Å². The molecule has 0 unspecified atom stereocenters. The zero-order valence-corrected chi connectivity index (χ0v) is 24.4. The maximum atomic E-state index is 12.4. The summed E-state index contributed by atoms with van der Waals surface area (Å²) >= 11 is 17.0.